The first-order chi connectivity index (χ1) is 17.1. The third kappa shape index (κ3) is 7.01. The number of rotatable bonds is 12. The Morgan fingerprint density at radius 3 is 2.69 bits per heavy atom. The van der Waals surface area contributed by atoms with Crippen molar-refractivity contribution in [3.63, 3.8) is 0 Å². The number of nitrogens with one attached hydrogen (secondary N) is 1. The van der Waals surface area contributed by atoms with Gasteiger partial charge >= 0.3 is 0 Å². The van der Waals surface area contributed by atoms with Crippen LogP contribution >= 0.6 is 0 Å². The molecule has 1 amide bonds. The van der Waals surface area contributed by atoms with Crippen molar-refractivity contribution in [3.05, 3.63) is 71.7 Å². The molecule has 0 bridgehead atoms. The molecule has 2 aromatic carbocycles. The van der Waals surface area contributed by atoms with Gasteiger partial charge in [-0.25, -0.2) is 9.07 Å². The van der Waals surface area contributed by atoms with Crippen LogP contribution in [0, 0.1) is 17.1 Å². The third-order valence-electron chi connectivity index (χ3n) is 5.20. The van der Waals surface area contributed by atoms with Gasteiger partial charge in [0.2, 0.25) is 0 Å². The number of aromatic nitrogens is 2. The summed E-state index contributed by atoms with van der Waals surface area (Å²) in [5.74, 6) is -0.818. The fourth-order valence-electron chi connectivity index (χ4n) is 3.34. The van der Waals surface area contributed by atoms with E-state index in [0.717, 1.165) is 18.5 Å². The molecular weight excluding hydrogens is 447 g/mol. The number of ether oxygens (including phenoxy) is 2. The molecule has 7 nitrogen and oxygen atoms in total. The SMILES string of the molecule is CCCCOc1ccc(-c2nn(-c3ccccc3)cc2/C=C(\C#N)C(=O)NCCCOC)cc1F. The summed E-state index contributed by atoms with van der Waals surface area (Å²) in [6, 6.07) is 16.0. The molecule has 0 saturated carbocycles. The lowest BCUT2D eigenvalue weighted by Crippen LogP contribution is -2.26. The smallest absolute Gasteiger partial charge is 0.261 e. The van der Waals surface area contributed by atoms with Crippen molar-refractivity contribution in [1.82, 2.24) is 15.1 Å². The monoisotopic (exact) mass is 476 g/mol. The minimum absolute atomic E-state index is 0.0729. The van der Waals surface area contributed by atoms with Gasteiger partial charge in [-0.2, -0.15) is 10.4 Å². The maximum atomic E-state index is 14.8. The van der Waals surface area contributed by atoms with Gasteiger partial charge in [-0.1, -0.05) is 31.5 Å². The standard InChI is InChI=1S/C27H29FN4O3/c1-3-4-15-35-25-12-11-20(17-24(25)28)26-22(19-32(31-26)23-9-6-5-7-10-23)16-21(18-29)27(33)30-13-8-14-34-2/h5-7,9-12,16-17,19H,3-4,8,13-15H2,1-2H3,(H,30,33)/b21-16+. The van der Waals surface area contributed by atoms with Crippen LogP contribution in [0.2, 0.25) is 0 Å². The molecule has 0 aliphatic carbocycles. The zero-order valence-electron chi connectivity index (χ0n) is 20.0. The molecular formula is C27H29FN4O3. The van der Waals surface area contributed by atoms with E-state index in [0.29, 0.717) is 43.0 Å². The summed E-state index contributed by atoms with van der Waals surface area (Å²) >= 11 is 0. The molecule has 182 valence electrons. The van der Waals surface area contributed by atoms with Crippen molar-refractivity contribution >= 4 is 12.0 Å². The van der Waals surface area contributed by atoms with E-state index < -0.39 is 11.7 Å². The van der Waals surface area contributed by atoms with E-state index in [1.54, 1.807) is 30.1 Å². The van der Waals surface area contributed by atoms with Gasteiger partial charge < -0.3 is 14.8 Å². The van der Waals surface area contributed by atoms with Crippen molar-refractivity contribution in [1.29, 1.82) is 5.26 Å². The summed E-state index contributed by atoms with van der Waals surface area (Å²) in [6.45, 7) is 3.36. The van der Waals surface area contributed by atoms with Gasteiger partial charge in [0.15, 0.2) is 11.6 Å². The second-order valence-electron chi connectivity index (χ2n) is 7.83. The highest BCUT2D eigenvalue weighted by atomic mass is 19.1. The van der Waals surface area contributed by atoms with E-state index in [1.165, 1.54) is 12.1 Å². The summed E-state index contributed by atoms with van der Waals surface area (Å²) in [5, 5.41) is 17.0. The number of nitrogens with zero attached hydrogens (tertiary/aromatic N) is 3. The second kappa shape index (κ2) is 13.1. The van der Waals surface area contributed by atoms with Crippen LogP contribution in [0.4, 0.5) is 4.39 Å². The van der Waals surface area contributed by atoms with Crippen LogP contribution in [0.1, 0.15) is 31.7 Å². The predicted molar refractivity (Wildman–Crippen MR) is 132 cm³/mol. The molecule has 1 N–H and O–H groups in total. The van der Waals surface area contributed by atoms with Crippen LogP contribution < -0.4 is 10.1 Å². The Morgan fingerprint density at radius 2 is 2.00 bits per heavy atom. The van der Waals surface area contributed by atoms with Crippen molar-refractivity contribution in [2.45, 2.75) is 26.2 Å². The summed E-state index contributed by atoms with van der Waals surface area (Å²) in [6.07, 6.45) is 5.60. The first-order valence-corrected chi connectivity index (χ1v) is 11.5. The lowest BCUT2D eigenvalue weighted by molar-refractivity contribution is -0.117. The molecule has 0 radical (unpaired) electrons. The molecule has 3 rings (SSSR count). The van der Waals surface area contributed by atoms with Crippen molar-refractivity contribution in [2.75, 3.05) is 26.9 Å². The topological polar surface area (TPSA) is 89.2 Å². The normalized spacial score (nSPS) is 11.2. The summed E-state index contributed by atoms with van der Waals surface area (Å²) in [7, 11) is 1.58. The number of halogens is 1. The van der Waals surface area contributed by atoms with Crippen LogP contribution in [0.15, 0.2) is 60.3 Å². The molecule has 0 unspecified atom stereocenters. The molecule has 8 heteroatoms. The minimum atomic E-state index is -0.501. The molecule has 0 spiro atoms. The summed E-state index contributed by atoms with van der Waals surface area (Å²) in [5.41, 5.74) is 2.17. The molecule has 1 heterocycles. The van der Waals surface area contributed by atoms with Crippen LogP contribution in [-0.4, -0.2) is 42.6 Å². The molecule has 1 aromatic heterocycles. The van der Waals surface area contributed by atoms with E-state index >= 15 is 0 Å². The fraction of sp³-hybridized carbons (Fsp3) is 0.296. The van der Waals surface area contributed by atoms with Crippen LogP contribution in [0.3, 0.4) is 0 Å². The Hall–Kier alpha value is -3.96. The molecule has 0 saturated heterocycles. The van der Waals surface area contributed by atoms with Crippen LogP contribution in [-0.2, 0) is 9.53 Å². The lowest BCUT2D eigenvalue weighted by Gasteiger charge is -2.08. The van der Waals surface area contributed by atoms with E-state index in [9.17, 15) is 14.4 Å². The van der Waals surface area contributed by atoms with E-state index in [4.69, 9.17) is 9.47 Å². The van der Waals surface area contributed by atoms with E-state index in [-0.39, 0.29) is 11.3 Å². The molecule has 0 aliphatic rings. The number of unbranched alkanes of at least 4 members (excludes halogenated alkanes) is 1. The van der Waals surface area contributed by atoms with Gasteiger partial charge in [-0.3, -0.25) is 4.79 Å². The van der Waals surface area contributed by atoms with Crippen molar-refractivity contribution in [3.8, 4) is 28.8 Å². The number of carbonyl (C=O) groups excluding carboxylic acids is 1. The summed E-state index contributed by atoms with van der Waals surface area (Å²) < 4.78 is 26.9. The average Bonchev–Trinajstić information content (AvgIpc) is 3.30. The largest absolute Gasteiger partial charge is 0.491 e. The Bertz CT molecular complexity index is 1200. The third-order valence-corrected chi connectivity index (χ3v) is 5.20. The highest BCUT2D eigenvalue weighted by Gasteiger charge is 2.16. The number of hydrogen-bond acceptors (Lipinski definition) is 5. The van der Waals surface area contributed by atoms with E-state index in [1.807, 2.05) is 43.3 Å². The van der Waals surface area contributed by atoms with E-state index in [2.05, 4.69) is 10.4 Å². The van der Waals surface area contributed by atoms with Gasteiger partial charge in [0.1, 0.15) is 17.3 Å². The number of amides is 1. The number of benzene rings is 2. The maximum absolute atomic E-state index is 14.8. The first kappa shape index (κ1) is 25.7. The zero-order chi connectivity index (χ0) is 25.0. The Labute approximate surface area is 204 Å². The average molecular weight is 477 g/mol. The first-order valence-electron chi connectivity index (χ1n) is 11.5. The maximum Gasteiger partial charge on any atom is 0.261 e. The Kier molecular flexibility index (Phi) is 9.58. The fourth-order valence-corrected chi connectivity index (χ4v) is 3.34. The molecule has 0 aliphatic heterocycles. The molecule has 0 atom stereocenters. The molecule has 0 fully saturated rings. The van der Waals surface area contributed by atoms with Gasteiger partial charge in [-0.05, 0) is 49.2 Å². The highest BCUT2D eigenvalue weighted by Crippen LogP contribution is 2.29. The number of hydrogen-bond donors (Lipinski definition) is 1. The minimum Gasteiger partial charge on any atom is -0.491 e. The zero-order valence-corrected chi connectivity index (χ0v) is 20.0. The van der Waals surface area contributed by atoms with Gasteiger partial charge in [-0.15, -0.1) is 0 Å². The lowest BCUT2D eigenvalue weighted by atomic mass is 10.1. The van der Waals surface area contributed by atoms with Crippen molar-refractivity contribution < 1.29 is 18.7 Å². The molecule has 3 aromatic rings. The Morgan fingerprint density at radius 1 is 1.20 bits per heavy atom. The number of nitriles is 1. The van der Waals surface area contributed by atoms with Gasteiger partial charge in [0, 0.05) is 37.6 Å². The Balaban J connectivity index is 1.97. The van der Waals surface area contributed by atoms with Gasteiger partial charge in [0.25, 0.3) is 5.91 Å². The summed E-state index contributed by atoms with van der Waals surface area (Å²) in [4.78, 5) is 12.5. The molecule has 35 heavy (non-hydrogen) atoms. The van der Waals surface area contributed by atoms with Crippen LogP contribution in [0.25, 0.3) is 23.0 Å². The number of methoxy groups -OCH3 is 1. The highest BCUT2D eigenvalue weighted by molar-refractivity contribution is 6.02. The second-order valence-corrected chi connectivity index (χ2v) is 7.83. The number of para-hydroxylation sites is 1. The predicted octanol–water partition coefficient (Wildman–Crippen LogP) is 4.92. The van der Waals surface area contributed by atoms with Gasteiger partial charge in [0.05, 0.1) is 12.3 Å². The van der Waals surface area contributed by atoms with Crippen LogP contribution in [0.5, 0.6) is 5.75 Å². The quantitative estimate of drug-likeness (QED) is 0.228. The van der Waals surface area contributed by atoms with Crippen molar-refractivity contribution in [2.24, 2.45) is 0 Å². The number of carbonyl (C=O) groups is 1.